The molecule has 0 aromatic rings. The van der Waals surface area contributed by atoms with Crippen molar-refractivity contribution in [2.75, 3.05) is 34.9 Å². The average Bonchev–Trinajstić information content (AvgIpc) is 3.67. The van der Waals surface area contributed by atoms with Crippen molar-refractivity contribution in [3.05, 3.63) is 0 Å². The van der Waals surface area contributed by atoms with E-state index in [9.17, 15) is 24.9 Å². The fraction of sp³-hybridized carbons (Fsp3) is 0.951. The number of rotatable bonds is 11. The molecule has 0 aromatic carbocycles. The Labute approximate surface area is 334 Å². The zero-order chi connectivity index (χ0) is 42.2. The second-order valence-corrected chi connectivity index (χ2v) is 18.2. The third kappa shape index (κ3) is 9.65. The Hall–Kier alpha value is -1.34. The molecule has 0 spiro atoms. The molecule has 56 heavy (non-hydrogen) atoms. The molecule has 4 rings (SSSR count). The minimum Gasteiger partial charge on any atom is -0.458 e. The molecule has 3 aliphatic heterocycles. The zero-order valence-corrected chi connectivity index (χ0v) is 36.3. The molecule has 0 aromatic heterocycles. The first kappa shape index (κ1) is 47.3. The summed E-state index contributed by atoms with van der Waals surface area (Å²) in [6.07, 6.45) is -6.99. The van der Waals surface area contributed by atoms with Gasteiger partial charge in [-0.2, -0.15) is 0 Å². The van der Waals surface area contributed by atoms with Gasteiger partial charge in [0, 0.05) is 63.0 Å². The van der Waals surface area contributed by atoms with Gasteiger partial charge in [-0.1, -0.05) is 27.7 Å². The molecule has 4 fully saturated rings. The Bertz CT molecular complexity index is 1320. The number of nitrogens with two attached hydrogens (primary N) is 1. The van der Waals surface area contributed by atoms with E-state index < -0.39 is 108 Å². The highest BCUT2D eigenvalue weighted by Crippen LogP contribution is 2.51. The normalized spacial score (nSPS) is 48.8. The monoisotopic (exact) mass is 803 g/mol. The molecule has 0 amide bonds. The molecule has 3 heterocycles. The number of likely N-dealkylation sites (N-methyl/N-ethyl adjacent to an activating group) is 1. The standard InChI is InChI=1S/C41H74N2O13/c1-20-18-40(10,50-14)35(56-38-32(51-16-15-21(2)42)28(43(11)12)17-22(3)52-38)24(5)31(54-29-19-39(9,49-13)34(46)27(8)53-29)25(6)37(47)55-36-26(7)41(36,48)33(45)23(4)30(20)44/h20-29,31-36,38,45-46,48H,15-19,42H2,1-14H3/t20-,21?,22-,23+,24+,25-,26?,27+,28+,29+,31+,32-,33-,34+,35-,36-,38+,39-,40+,41+/m1/s1. The highest BCUT2D eigenvalue weighted by molar-refractivity contribution is 5.84. The van der Waals surface area contributed by atoms with E-state index >= 15 is 0 Å². The number of hydrogen-bond acceptors (Lipinski definition) is 15. The van der Waals surface area contributed by atoms with Crippen LogP contribution in [-0.2, 0) is 47.5 Å². The van der Waals surface area contributed by atoms with Crippen molar-refractivity contribution in [1.82, 2.24) is 4.90 Å². The number of esters is 1. The van der Waals surface area contributed by atoms with Gasteiger partial charge in [0.15, 0.2) is 12.6 Å². The van der Waals surface area contributed by atoms with Gasteiger partial charge in [0.1, 0.15) is 29.7 Å². The highest BCUT2D eigenvalue weighted by Gasteiger charge is 2.70. The van der Waals surface area contributed by atoms with Crippen molar-refractivity contribution < 1.29 is 62.8 Å². The minimum atomic E-state index is -1.81. The number of aliphatic hydroxyl groups excluding tert-OH is 2. The lowest BCUT2D eigenvalue weighted by atomic mass is 9.75. The van der Waals surface area contributed by atoms with E-state index in [0.29, 0.717) is 19.4 Å². The second-order valence-electron chi connectivity index (χ2n) is 18.2. The van der Waals surface area contributed by atoms with Gasteiger partial charge in [-0.3, -0.25) is 9.59 Å². The van der Waals surface area contributed by atoms with Crippen LogP contribution >= 0.6 is 0 Å². The van der Waals surface area contributed by atoms with Crippen molar-refractivity contribution in [1.29, 1.82) is 0 Å². The minimum absolute atomic E-state index is 0.0773. The number of fused-ring (bicyclic) bond motifs is 1. The number of nitrogens with zero attached hydrogens (tertiary/aromatic N) is 1. The smallest absolute Gasteiger partial charge is 0.311 e. The molecule has 15 nitrogen and oxygen atoms in total. The SMILES string of the molecule is CO[C@]1(C)C[C@H](O[C@H]2[C@H](C)[C@@H](O[C@@H]3O[C@H](C)C[C@H](N(C)C)[C@H]3OCCC(C)N)[C@@](C)(OC)C[C@@H](C)C(=O)[C@H](C)[C@@H](O)[C@@]3(O)C(C)[C@H]3OC(=O)[C@@H]2C)O[C@@H](C)[C@@H]1O. The molecule has 1 aliphatic carbocycles. The fourth-order valence-electron chi connectivity index (χ4n) is 9.38. The molecule has 3 saturated heterocycles. The van der Waals surface area contributed by atoms with Crippen LogP contribution in [0.3, 0.4) is 0 Å². The number of Topliss-reactive ketones (excluding diaryl/α,β-unsaturated/α-hetero) is 1. The summed E-state index contributed by atoms with van der Waals surface area (Å²) in [7, 11) is 7.05. The average molecular weight is 803 g/mol. The summed E-state index contributed by atoms with van der Waals surface area (Å²) in [5.74, 6) is -4.85. The topological polar surface area (TPSA) is 198 Å². The molecule has 2 unspecified atom stereocenters. The van der Waals surface area contributed by atoms with Crippen LogP contribution in [0.5, 0.6) is 0 Å². The maximum atomic E-state index is 14.2. The van der Waals surface area contributed by atoms with Gasteiger partial charge in [-0.15, -0.1) is 0 Å². The largest absolute Gasteiger partial charge is 0.458 e. The van der Waals surface area contributed by atoms with E-state index in [-0.39, 0.29) is 36.8 Å². The van der Waals surface area contributed by atoms with Crippen LogP contribution in [0, 0.1) is 29.6 Å². The Morgan fingerprint density at radius 3 is 2.09 bits per heavy atom. The molecular weight excluding hydrogens is 728 g/mol. The number of ether oxygens (including phenoxy) is 8. The first-order valence-corrected chi connectivity index (χ1v) is 20.6. The predicted octanol–water partition coefficient (Wildman–Crippen LogP) is 2.42. The summed E-state index contributed by atoms with van der Waals surface area (Å²) < 4.78 is 51.4. The fourth-order valence-corrected chi connectivity index (χ4v) is 9.38. The van der Waals surface area contributed by atoms with Crippen molar-refractivity contribution in [3.63, 3.8) is 0 Å². The highest BCUT2D eigenvalue weighted by atomic mass is 16.7. The van der Waals surface area contributed by atoms with Crippen molar-refractivity contribution in [3.8, 4) is 0 Å². The van der Waals surface area contributed by atoms with Gasteiger partial charge < -0.3 is 63.8 Å². The molecule has 0 bridgehead atoms. The van der Waals surface area contributed by atoms with Gasteiger partial charge >= 0.3 is 5.97 Å². The van der Waals surface area contributed by atoms with E-state index in [4.69, 9.17) is 43.6 Å². The van der Waals surface area contributed by atoms with Gasteiger partial charge in [0.05, 0.1) is 47.6 Å². The van der Waals surface area contributed by atoms with E-state index in [1.807, 2.05) is 41.8 Å². The maximum Gasteiger partial charge on any atom is 0.311 e. The molecular formula is C41H74N2O13. The third-order valence-corrected chi connectivity index (χ3v) is 13.5. The maximum absolute atomic E-state index is 14.2. The summed E-state index contributed by atoms with van der Waals surface area (Å²) in [5.41, 5.74) is 2.06. The Morgan fingerprint density at radius 2 is 1.52 bits per heavy atom. The van der Waals surface area contributed by atoms with Crippen LogP contribution in [0.4, 0.5) is 0 Å². The van der Waals surface area contributed by atoms with Crippen molar-refractivity contribution >= 4 is 11.8 Å². The van der Waals surface area contributed by atoms with Crippen LogP contribution in [0.25, 0.3) is 0 Å². The van der Waals surface area contributed by atoms with Crippen LogP contribution in [-0.4, -0.2) is 157 Å². The first-order chi connectivity index (χ1) is 26.0. The molecule has 5 N–H and O–H groups in total. The molecule has 1 saturated carbocycles. The van der Waals surface area contributed by atoms with Gasteiger partial charge in [-0.05, 0) is 74.9 Å². The Morgan fingerprint density at radius 1 is 0.893 bits per heavy atom. The number of ketones is 1. The summed E-state index contributed by atoms with van der Waals surface area (Å²) in [5, 5.41) is 34.1. The number of aliphatic hydroxyl groups is 3. The van der Waals surface area contributed by atoms with Crippen LogP contribution < -0.4 is 5.73 Å². The van der Waals surface area contributed by atoms with Gasteiger partial charge in [0.25, 0.3) is 0 Å². The molecule has 4 aliphatic rings. The number of hydrogen-bond donors (Lipinski definition) is 4. The lowest BCUT2D eigenvalue weighted by Gasteiger charge is -2.50. The summed E-state index contributed by atoms with van der Waals surface area (Å²) in [4.78, 5) is 30.4. The van der Waals surface area contributed by atoms with E-state index in [1.54, 1.807) is 48.7 Å². The lowest BCUT2D eigenvalue weighted by molar-refractivity contribution is -0.322. The van der Waals surface area contributed by atoms with Gasteiger partial charge in [-0.25, -0.2) is 0 Å². The summed E-state index contributed by atoms with van der Waals surface area (Å²) in [6.45, 7) is 18.3. The van der Waals surface area contributed by atoms with Crippen LogP contribution in [0.1, 0.15) is 94.9 Å². The second kappa shape index (κ2) is 18.5. The quantitative estimate of drug-likeness (QED) is 0.222. The van der Waals surface area contributed by atoms with Crippen LogP contribution in [0.15, 0.2) is 0 Å². The van der Waals surface area contributed by atoms with Crippen molar-refractivity contribution in [2.24, 2.45) is 35.3 Å². The number of carbonyl (C=O) groups is 2. The molecule has 15 heteroatoms. The van der Waals surface area contributed by atoms with Crippen LogP contribution in [0.2, 0.25) is 0 Å². The molecule has 20 atom stereocenters. The van der Waals surface area contributed by atoms with E-state index in [2.05, 4.69) is 4.90 Å². The lowest BCUT2D eigenvalue weighted by Crippen LogP contribution is -2.61. The first-order valence-electron chi connectivity index (χ1n) is 20.6. The van der Waals surface area contributed by atoms with Gasteiger partial charge in [0.2, 0.25) is 0 Å². The summed E-state index contributed by atoms with van der Waals surface area (Å²) in [6, 6.07) is -0.163. The van der Waals surface area contributed by atoms with Crippen molar-refractivity contribution in [2.45, 2.75) is 185 Å². The van der Waals surface area contributed by atoms with E-state index in [1.165, 1.54) is 7.11 Å². The third-order valence-electron chi connectivity index (χ3n) is 13.5. The number of carbonyl (C=O) groups excluding carboxylic acids is 2. The molecule has 0 radical (unpaired) electrons. The molecule has 326 valence electrons. The summed E-state index contributed by atoms with van der Waals surface area (Å²) >= 11 is 0. The van der Waals surface area contributed by atoms with E-state index in [0.717, 1.165) is 0 Å². The Kier molecular flexibility index (Phi) is 15.6. The predicted molar refractivity (Wildman–Crippen MR) is 206 cm³/mol. The number of methoxy groups -OCH3 is 2. The zero-order valence-electron chi connectivity index (χ0n) is 36.3. The Balaban J connectivity index is 1.85.